The van der Waals surface area contributed by atoms with E-state index in [9.17, 15) is 0 Å². The van der Waals surface area contributed by atoms with Gasteiger partial charge in [-0.25, -0.2) is 0 Å². The third-order valence-corrected chi connectivity index (χ3v) is 13.2. The Bertz CT molecular complexity index is 3430. The lowest BCUT2D eigenvalue weighted by Crippen LogP contribution is -2.11. The number of anilines is 6. The summed E-state index contributed by atoms with van der Waals surface area (Å²) in [4.78, 5) is 4.80. The van der Waals surface area contributed by atoms with Crippen LogP contribution in [0.25, 0.3) is 78.2 Å². The topological polar surface area (TPSA) is 6.48 Å². The molecule has 2 heteroatoms. The minimum Gasteiger partial charge on any atom is -0.309 e. The summed E-state index contributed by atoms with van der Waals surface area (Å²) in [5.41, 5.74) is 11.5. The van der Waals surface area contributed by atoms with Gasteiger partial charge in [0.1, 0.15) is 0 Å². The minimum absolute atomic E-state index is 1.11. The molecule has 0 radical (unpaired) electrons. The molecule has 0 N–H and O–H groups in total. The second-order valence-corrected chi connectivity index (χ2v) is 17.4. The zero-order chi connectivity index (χ0) is 45.2. The molecule has 68 heavy (non-hydrogen) atoms. The van der Waals surface area contributed by atoms with Gasteiger partial charge in [0, 0.05) is 32.9 Å². The first-order valence-corrected chi connectivity index (χ1v) is 23.3. The molecule has 0 aliphatic heterocycles. The van der Waals surface area contributed by atoms with Gasteiger partial charge < -0.3 is 9.80 Å². The second kappa shape index (κ2) is 17.8. The van der Waals surface area contributed by atoms with E-state index in [1.54, 1.807) is 0 Å². The first-order valence-electron chi connectivity index (χ1n) is 23.3. The fraction of sp³-hybridized carbons (Fsp3) is 0. The molecule has 0 fully saturated rings. The molecule has 0 bridgehead atoms. The van der Waals surface area contributed by atoms with Crippen LogP contribution in [0.15, 0.2) is 255 Å². The molecular formula is C66H46N2. The lowest BCUT2D eigenvalue weighted by molar-refractivity contribution is 1.31. The summed E-state index contributed by atoms with van der Waals surface area (Å²) in [5.74, 6) is 0. The maximum atomic E-state index is 2.40. The largest absolute Gasteiger partial charge is 0.309 e. The van der Waals surface area contributed by atoms with E-state index in [1.807, 2.05) is 0 Å². The van der Waals surface area contributed by atoms with Gasteiger partial charge in [-0.2, -0.15) is 0 Å². The van der Waals surface area contributed by atoms with E-state index >= 15 is 0 Å². The summed E-state index contributed by atoms with van der Waals surface area (Å²) in [5, 5.41) is 12.2. The van der Waals surface area contributed by atoms with E-state index in [-0.39, 0.29) is 0 Å². The number of benzene rings is 12. The van der Waals surface area contributed by atoms with Crippen molar-refractivity contribution in [3.05, 3.63) is 277 Å². The first kappa shape index (κ1) is 40.5. The normalized spacial score (nSPS) is 11.7. The zero-order valence-electron chi connectivity index (χ0n) is 37.5. The Morgan fingerprint density at radius 1 is 0.206 bits per heavy atom. The van der Waals surface area contributed by atoms with Crippen LogP contribution in [0.1, 0.15) is 22.3 Å². The fourth-order valence-corrected chi connectivity index (χ4v) is 9.77. The first-order chi connectivity index (χ1) is 33.7. The molecular weight excluding hydrogens is 821 g/mol. The molecule has 0 atom stereocenters. The predicted octanol–water partition coefficient (Wildman–Crippen LogP) is 18.7. The molecule has 0 aliphatic rings. The van der Waals surface area contributed by atoms with Gasteiger partial charge in [-0.1, -0.05) is 218 Å². The van der Waals surface area contributed by atoms with Crippen LogP contribution in [0.2, 0.25) is 0 Å². The maximum Gasteiger partial charge on any atom is 0.0540 e. The molecule has 320 valence electrons. The van der Waals surface area contributed by atoms with Gasteiger partial charge in [0.05, 0.1) is 22.7 Å². The van der Waals surface area contributed by atoms with E-state index in [2.05, 4.69) is 289 Å². The van der Waals surface area contributed by atoms with Crippen LogP contribution >= 0.6 is 0 Å². The smallest absolute Gasteiger partial charge is 0.0540 e. The van der Waals surface area contributed by atoms with Crippen molar-refractivity contribution in [2.75, 3.05) is 9.80 Å². The Morgan fingerprint density at radius 2 is 0.471 bits per heavy atom. The lowest BCUT2D eigenvalue weighted by Gasteiger charge is -2.28. The van der Waals surface area contributed by atoms with Crippen molar-refractivity contribution in [2.24, 2.45) is 0 Å². The van der Waals surface area contributed by atoms with Gasteiger partial charge in [-0.3, -0.25) is 0 Å². The molecule has 0 saturated carbocycles. The number of nitrogens with zero attached hydrogens (tertiary/aromatic N) is 2. The van der Waals surface area contributed by atoms with Crippen LogP contribution in [-0.2, 0) is 0 Å². The quantitative estimate of drug-likeness (QED) is 0.126. The molecule has 2 nitrogen and oxygen atoms in total. The van der Waals surface area contributed by atoms with E-state index in [1.165, 1.54) is 65.0 Å². The van der Waals surface area contributed by atoms with Crippen molar-refractivity contribution >= 4 is 112 Å². The van der Waals surface area contributed by atoms with Crippen molar-refractivity contribution in [1.29, 1.82) is 0 Å². The summed E-state index contributed by atoms with van der Waals surface area (Å²) in [6.07, 6.45) is 8.83. The van der Waals surface area contributed by atoms with Gasteiger partial charge in [-0.05, 0) is 115 Å². The van der Waals surface area contributed by atoms with Gasteiger partial charge in [0.2, 0.25) is 0 Å². The maximum absolute atomic E-state index is 2.40. The molecule has 0 amide bonds. The highest BCUT2D eigenvalue weighted by atomic mass is 15.2. The van der Waals surface area contributed by atoms with Crippen LogP contribution < -0.4 is 9.80 Å². The van der Waals surface area contributed by atoms with Crippen molar-refractivity contribution < 1.29 is 0 Å². The predicted molar refractivity (Wildman–Crippen MR) is 294 cm³/mol. The molecule has 0 saturated heterocycles. The Labute approximate surface area is 397 Å². The molecule has 12 aromatic carbocycles. The highest BCUT2D eigenvalue weighted by Gasteiger charge is 2.19. The van der Waals surface area contributed by atoms with Crippen LogP contribution in [0.4, 0.5) is 34.1 Å². The Morgan fingerprint density at radius 3 is 0.794 bits per heavy atom. The van der Waals surface area contributed by atoms with Crippen molar-refractivity contribution in [3.8, 4) is 0 Å². The third-order valence-electron chi connectivity index (χ3n) is 13.2. The number of hydrogen-bond donors (Lipinski definition) is 0. The van der Waals surface area contributed by atoms with Gasteiger partial charge >= 0.3 is 0 Å². The second-order valence-electron chi connectivity index (χ2n) is 17.4. The summed E-state index contributed by atoms with van der Waals surface area (Å²) in [7, 11) is 0. The van der Waals surface area contributed by atoms with E-state index in [4.69, 9.17) is 0 Å². The van der Waals surface area contributed by atoms with Gasteiger partial charge in [0.15, 0.2) is 0 Å². The SMILES string of the molecule is C(=C\c1ccc2cc(/C=C/c3ccc(N(c4cccc5ccccc45)c4cccc5ccccc45)cc3)ccc2c1)/c1ccc(N(c2cccc3ccccc23)c2cccc3ccccc23)cc1. The molecule has 12 rings (SSSR count). The molecule has 0 aliphatic carbocycles. The summed E-state index contributed by atoms with van der Waals surface area (Å²) < 4.78 is 0. The molecule has 0 heterocycles. The average Bonchev–Trinajstić information content (AvgIpc) is 3.41. The van der Waals surface area contributed by atoms with Crippen LogP contribution in [0, 0.1) is 0 Å². The number of hydrogen-bond acceptors (Lipinski definition) is 2. The minimum atomic E-state index is 1.11. The highest BCUT2D eigenvalue weighted by Crippen LogP contribution is 2.44. The van der Waals surface area contributed by atoms with E-state index in [0.29, 0.717) is 0 Å². The summed E-state index contributed by atoms with van der Waals surface area (Å²) >= 11 is 0. The standard InChI is InChI=1S/C66H46N2/c1-5-21-59-51(13-1)17-9-25-63(59)67(64-26-10-18-52-14-2-6-22-60(52)64)57-41-35-47(36-42-57)29-31-49-33-39-56-46-50(34-40-55(56)45-49)32-30-48-37-43-58(44-38-48)68(65-27-11-19-53-15-3-7-23-61(53)65)66-28-12-20-54-16-4-8-24-62(54)66/h1-46H/b31-29+,32-30+. The van der Waals surface area contributed by atoms with Crippen molar-refractivity contribution in [2.45, 2.75) is 0 Å². The van der Waals surface area contributed by atoms with Crippen molar-refractivity contribution in [3.63, 3.8) is 0 Å². The van der Waals surface area contributed by atoms with Gasteiger partial charge in [0.25, 0.3) is 0 Å². The number of rotatable bonds is 10. The molecule has 0 aromatic heterocycles. The van der Waals surface area contributed by atoms with Gasteiger partial charge in [-0.15, -0.1) is 0 Å². The summed E-state index contributed by atoms with van der Waals surface area (Å²) in [6.45, 7) is 0. The van der Waals surface area contributed by atoms with Crippen molar-refractivity contribution in [1.82, 2.24) is 0 Å². The van der Waals surface area contributed by atoms with Crippen LogP contribution in [0.5, 0.6) is 0 Å². The monoisotopic (exact) mass is 866 g/mol. The Hall–Kier alpha value is -8.98. The number of fused-ring (bicyclic) bond motifs is 5. The molecule has 0 unspecified atom stereocenters. The Balaban J connectivity index is 0.785. The average molecular weight is 867 g/mol. The molecule has 0 spiro atoms. The van der Waals surface area contributed by atoms with E-state index in [0.717, 1.165) is 45.3 Å². The Kier molecular flexibility index (Phi) is 10.6. The fourth-order valence-electron chi connectivity index (χ4n) is 9.77. The lowest BCUT2D eigenvalue weighted by atomic mass is 10.0. The highest BCUT2D eigenvalue weighted by molar-refractivity contribution is 6.06. The van der Waals surface area contributed by atoms with Crippen LogP contribution in [0.3, 0.4) is 0 Å². The van der Waals surface area contributed by atoms with Crippen LogP contribution in [-0.4, -0.2) is 0 Å². The van der Waals surface area contributed by atoms with E-state index < -0.39 is 0 Å². The molecule has 12 aromatic rings. The third kappa shape index (κ3) is 7.85. The summed E-state index contributed by atoms with van der Waals surface area (Å²) in [6, 6.07) is 92.0. The zero-order valence-corrected chi connectivity index (χ0v) is 37.5.